The van der Waals surface area contributed by atoms with Crippen LogP contribution in [-0.2, 0) is 21.1 Å². The maximum Gasteiger partial charge on any atom is 0.158 e. The Morgan fingerprint density at radius 1 is 1.00 bits per heavy atom. The van der Waals surface area contributed by atoms with E-state index in [-0.39, 0.29) is 0 Å². The Labute approximate surface area is 144 Å². The summed E-state index contributed by atoms with van der Waals surface area (Å²) in [5.74, 6) is 1.01. The van der Waals surface area contributed by atoms with Gasteiger partial charge in [-0.2, -0.15) is 15.3 Å². The molecule has 4 aromatic heterocycles. The van der Waals surface area contributed by atoms with E-state index in [0.717, 1.165) is 34.5 Å². The standard InChI is InChI=1S/C18H19N7/c1-23-10-12(9-19-23)13-6-14(13)16-7-17(24(2)22-16)15-5-4-11-8-20-25(3)18(11)21-15/h4-5,7-10,13-14H,6H2,1-3H3. The van der Waals surface area contributed by atoms with Crippen molar-refractivity contribution in [1.82, 2.24) is 34.3 Å². The summed E-state index contributed by atoms with van der Waals surface area (Å²) in [6.07, 6.45) is 7.04. The quantitative estimate of drug-likeness (QED) is 0.577. The SMILES string of the molecule is Cn1cc(C2CC2c2cc(-c3ccc4cnn(C)c4n3)n(C)n2)cn1. The van der Waals surface area contributed by atoms with Gasteiger partial charge in [-0.05, 0) is 36.1 Å². The van der Waals surface area contributed by atoms with E-state index in [0.29, 0.717) is 11.8 Å². The van der Waals surface area contributed by atoms with E-state index in [2.05, 4.69) is 28.5 Å². The van der Waals surface area contributed by atoms with Crippen molar-refractivity contribution in [3.8, 4) is 11.4 Å². The molecule has 126 valence electrons. The van der Waals surface area contributed by atoms with E-state index < -0.39 is 0 Å². The van der Waals surface area contributed by atoms with Crippen LogP contribution in [0.3, 0.4) is 0 Å². The molecule has 2 unspecified atom stereocenters. The molecule has 0 aromatic carbocycles. The lowest BCUT2D eigenvalue weighted by molar-refractivity contribution is 0.744. The summed E-state index contributed by atoms with van der Waals surface area (Å²) in [4.78, 5) is 4.77. The van der Waals surface area contributed by atoms with Gasteiger partial charge in [0.15, 0.2) is 5.65 Å². The van der Waals surface area contributed by atoms with Gasteiger partial charge in [-0.25, -0.2) is 4.98 Å². The van der Waals surface area contributed by atoms with Gasteiger partial charge in [0.25, 0.3) is 0 Å². The molecule has 0 saturated heterocycles. The zero-order valence-corrected chi connectivity index (χ0v) is 14.5. The first-order valence-electron chi connectivity index (χ1n) is 8.42. The van der Waals surface area contributed by atoms with Crippen LogP contribution >= 0.6 is 0 Å². The fourth-order valence-electron chi connectivity index (χ4n) is 3.60. The molecule has 1 fully saturated rings. The van der Waals surface area contributed by atoms with Crippen LogP contribution in [-0.4, -0.2) is 34.3 Å². The second-order valence-corrected chi connectivity index (χ2v) is 6.85. The van der Waals surface area contributed by atoms with Crippen LogP contribution in [0.25, 0.3) is 22.4 Å². The van der Waals surface area contributed by atoms with Crippen molar-refractivity contribution >= 4 is 11.0 Å². The molecule has 25 heavy (non-hydrogen) atoms. The Morgan fingerprint density at radius 3 is 2.68 bits per heavy atom. The maximum absolute atomic E-state index is 4.77. The summed E-state index contributed by atoms with van der Waals surface area (Å²) in [6, 6.07) is 6.27. The van der Waals surface area contributed by atoms with Crippen molar-refractivity contribution in [3.05, 3.63) is 48.0 Å². The lowest BCUT2D eigenvalue weighted by atomic mass is 10.1. The molecule has 7 heteroatoms. The van der Waals surface area contributed by atoms with Crippen LogP contribution in [0.5, 0.6) is 0 Å². The Kier molecular flexibility index (Phi) is 2.89. The lowest BCUT2D eigenvalue weighted by Crippen LogP contribution is -1.97. The van der Waals surface area contributed by atoms with Gasteiger partial charge >= 0.3 is 0 Å². The normalized spacial score (nSPS) is 19.6. The monoisotopic (exact) mass is 333 g/mol. The molecule has 7 nitrogen and oxygen atoms in total. The third-order valence-corrected chi connectivity index (χ3v) is 5.07. The molecule has 5 rings (SSSR count). The van der Waals surface area contributed by atoms with Crippen molar-refractivity contribution in [2.24, 2.45) is 21.1 Å². The van der Waals surface area contributed by atoms with Crippen molar-refractivity contribution in [1.29, 1.82) is 0 Å². The van der Waals surface area contributed by atoms with Crippen LogP contribution < -0.4 is 0 Å². The number of aromatic nitrogens is 7. The number of aryl methyl sites for hydroxylation is 3. The minimum atomic E-state index is 0.476. The second-order valence-electron chi connectivity index (χ2n) is 6.85. The van der Waals surface area contributed by atoms with Crippen molar-refractivity contribution in [2.75, 3.05) is 0 Å². The number of hydrogen-bond donors (Lipinski definition) is 0. The van der Waals surface area contributed by atoms with Gasteiger partial charge in [0, 0.05) is 38.6 Å². The van der Waals surface area contributed by atoms with Crippen molar-refractivity contribution < 1.29 is 0 Å². The molecule has 1 saturated carbocycles. The summed E-state index contributed by atoms with van der Waals surface area (Å²) in [5.41, 5.74) is 5.29. The number of fused-ring (bicyclic) bond motifs is 1. The Bertz CT molecular complexity index is 1080. The van der Waals surface area contributed by atoms with E-state index in [4.69, 9.17) is 10.1 Å². The number of nitrogens with zero attached hydrogens (tertiary/aromatic N) is 7. The minimum Gasteiger partial charge on any atom is -0.276 e. The molecule has 2 atom stereocenters. The molecule has 0 N–H and O–H groups in total. The molecule has 0 spiro atoms. The van der Waals surface area contributed by atoms with Crippen LogP contribution in [0.15, 0.2) is 36.8 Å². The van der Waals surface area contributed by atoms with Crippen LogP contribution in [0.1, 0.15) is 29.5 Å². The summed E-state index contributed by atoms with van der Waals surface area (Å²) in [6.45, 7) is 0. The summed E-state index contributed by atoms with van der Waals surface area (Å²) < 4.78 is 5.59. The van der Waals surface area contributed by atoms with Crippen LogP contribution in [0, 0.1) is 0 Å². The van der Waals surface area contributed by atoms with E-state index in [1.54, 1.807) is 4.68 Å². The molecule has 1 aliphatic carbocycles. The maximum atomic E-state index is 4.77. The zero-order chi connectivity index (χ0) is 17.1. The molecular formula is C18H19N7. The predicted molar refractivity (Wildman–Crippen MR) is 94.0 cm³/mol. The highest BCUT2D eigenvalue weighted by Crippen LogP contribution is 2.54. The fourth-order valence-corrected chi connectivity index (χ4v) is 3.60. The molecule has 0 bridgehead atoms. The highest BCUT2D eigenvalue weighted by atomic mass is 15.3. The summed E-state index contributed by atoms with van der Waals surface area (Å²) in [7, 11) is 5.85. The third-order valence-electron chi connectivity index (χ3n) is 5.07. The molecule has 0 amide bonds. The average molecular weight is 333 g/mol. The first-order valence-corrected chi connectivity index (χ1v) is 8.42. The summed E-state index contributed by atoms with van der Waals surface area (Å²) in [5, 5.41) is 14.3. The van der Waals surface area contributed by atoms with Gasteiger partial charge in [0.05, 0.1) is 29.5 Å². The Balaban J connectivity index is 1.48. The highest BCUT2D eigenvalue weighted by Gasteiger charge is 2.42. The second kappa shape index (κ2) is 5.02. The van der Waals surface area contributed by atoms with Crippen molar-refractivity contribution in [3.63, 3.8) is 0 Å². The smallest absolute Gasteiger partial charge is 0.158 e. The minimum absolute atomic E-state index is 0.476. The Hall–Kier alpha value is -2.96. The van der Waals surface area contributed by atoms with Gasteiger partial charge < -0.3 is 0 Å². The molecule has 4 heterocycles. The van der Waals surface area contributed by atoms with E-state index in [1.165, 1.54) is 5.56 Å². The first-order chi connectivity index (χ1) is 12.1. The van der Waals surface area contributed by atoms with Gasteiger partial charge in [0.1, 0.15) is 0 Å². The number of pyridine rings is 1. The van der Waals surface area contributed by atoms with Gasteiger partial charge in [-0.1, -0.05) is 0 Å². The van der Waals surface area contributed by atoms with E-state index >= 15 is 0 Å². The van der Waals surface area contributed by atoms with Gasteiger partial charge in [-0.15, -0.1) is 0 Å². The molecule has 1 aliphatic rings. The largest absolute Gasteiger partial charge is 0.276 e. The van der Waals surface area contributed by atoms with Crippen LogP contribution in [0.2, 0.25) is 0 Å². The van der Waals surface area contributed by atoms with Crippen molar-refractivity contribution in [2.45, 2.75) is 18.3 Å². The lowest BCUT2D eigenvalue weighted by Gasteiger charge is -2.01. The van der Waals surface area contributed by atoms with E-state index in [1.807, 2.05) is 49.0 Å². The zero-order valence-electron chi connectivity index (χ0n) is 14.5. The third kappa shape index (κ3) is 2.26. The molecule has 4 aromatic rings. The van der Waals surface area contributed by atoms with Gasteiger partial charge in [0.2, 0.25) is 0 Å². The van der Waals surface area contributed by atoms with E-state index in [9.17, 15) is 0 Å². The summed E-state index contributed by atoms with van der Waals surface area (Å²) >= 11 is 0. The predicted octanol–water partition coefficient (Wildman–Crippen LogP) is 2.37. The van der Waals surface area contributed by atoms with Gasteiger partial charge in [-0.3, -0.25) is 14.0 Å². The molecule has 0 aliphatic heterocycles. The highest BCUT2D eigenvalue weighted by molar-refractivity contribution is 5.77. The number of rotatable bonds is 3. The molecule has 0 radical (unpaired) electrons. The number of hydrogen-bond acceptors (Lipinski definition) is 4. The average Bonchev–Trinajstić information content (AvgIpc) is 2.91. The fraction of sp³-hybridized carbons (Fsp3) is 0.333. The Morgan fingerprint density at radius 2 is 1.88 bits per heavy atom. The topological polar surface area (TPSA) is 66.3 Å². The van der Waals surface area contributed by atoms with Crippen LogP contribution in [0.4, 0.5) is 0 Å². The first kappa shape index (κ1) is 14.4. The molecular weight excluding hydrogens is 314 g/mol.